The Balaban J connectivity index is 2.24. The van der Waals surface area contributed by atoms with Crippen molar-refractivity contribution < 1.29 is 14.1 Å². The summed E-state index contributed by atoms with van der Waals surface area (Å²) in [4.78, 5) is 21.6. The zero-order chi connectivity index (χ0) is 15.6. The first kappa shape index (κ1) is 15.2. The number of nitrogens with zero attached hydrogens (tertiary/aromatic N) is 1. The minimum absolute atomic E-state index is 0.0656. The van der Waals surface area contributed by atoms with E-state index in [1.165, 1.54) is 18.2 Å². The summed E-state index contributed by atoms with van der Waals surface area (Å²) >= 11 is 11.6. The van der Waals surface area contributed by atoms with E-state index < -0.39 is 22.3 Å². The molecule has 1 amide bonds. The van der Waals surface area contributed by atoms with Gasteiger partial charge in [-0.1, -0.05) is 23.2 Å². The highest BCUT2D eigenvalue weighted by molar-refractivity contribution is 6.36. The van der Waals surface area contributed by atoms with Gasteiger partial charge in [0.1, 0.15) is 0 Å². The molecule has 1 N–H and O–H groups in total. The molecule has 0 aliphatic rings. The van der Waals surface area contributed by atoms with Crippen LogP contribution in [0.3, 0.4) is 0 Å². The average molecular weight is 329 g/mol. The van der Waals surface area contributed by atoms with Crippen LogP contribution in [0.4, 0.5) is 15.8 Å². The number of hydrogen-bond acceptors (Lipinski definition) is 3. The summed E-state index contributed by atoms with van der Waals surface area (Å²) in [5, 5.41) is 13.6. The summed E-state index contributed by atoms with van der Waals surface area (Å²) in [6.45, 7) is 0. The molecular weight excluding hydrogens is 322 g/mol. The second-order valence-electron chi connectivity index (χ2n) is 4.00. The number of nitro benzene ring substituents is 1. The zero-order valence-electron chi connectivity index (χ0n) is 10.3. The van der Waals surface area contributed by atoms with Crippen molar-refractivity contribution in [3.8, 4) is 0 Å². The van der Waals surface area contributed by atoms with E-state index in [0.717, 1.165) is 18.2 Å². The molecule has 0 saturated carbocycles. The number of amides is 1. The molecular formula is C13H7Cl2FN2O3. The third kappa shape index (κ3) is 3.48. The fraction of sp³-hybridized carbons (Fsp3) is 0. The Hall–Kier alpha value is -2.18. The molecule has 0 aromatic heterocycles. The van der Waals surface area contributed by atoms with Crippen LogP contribution in [0.2, 0.25) is 10.0 Å². The molecule has 0 radical (unpaired) electrons. The maximum absolute atomic E-state index is 13.5. The second kappa shape index (κ2) is 6.07. The number of rotatable bonds is 3. The lowest BCUT2D eigenvalue weighted by Crippen LogP contribution is -2.12. The number of nitrogens with one attached hydrogen (secondary N) is 1. The lowest BCUT2D eigenvalue weighted by Gasteiger charge is -2.07. The van der Waals surface area contributed by atoms with E-state index in [0.29, 0.717) is 10.7 Å². The SMILES string of the molecule is O=C(Nc1ccc(Cl)cc1Cl)c1ccc([N+](=O)[O-])c(F)c1. The van der Waals surface area contributed by atoms with Crippen LogP contribution in [0.15, 0.2) is 36.4 Å². The van der Waals surface area contributed by atoms with Gasteiger partial charge in [0.05, 0.1) is 15.6 Å². The van der Waals surface area contributed by atoms with Gasteiger partial charge in [0.15, 0.2) is 0 Å². The van der Waals surface area contributed by atoms with Gasteiger partial charge in [0, 0.05) is 16.7 Å². The van der Waals surface area contributed by atoms with Gasteiger partial charge in [0.25, 0.3) is 5.91 Å². The topological polar surface area (TPSA) is 72.2 Å². The first-order chi connectivity index (χ1) is 9.88. The van der Waals surface area contributed by atoms with E-state index in [4.69, 9.17) is 23.2 Å². The van der Waals surface area contributed by atoms with Crippen molar-refractivity contribution in [1.82, 2.24) is 0 Å². The van der Waals surface area contributed by atoms with Crippen LogP contribution in [-0.2, 0) is 0 Å². The first-order valence-electron chi connectivity index (χ1n) is 5.59. The lowest BCUT2D eigenvalue weighted by molar-refractivity contribution is -0.387. The van der Waals surface area contributed by atoms with Crippen molar-refractivity contribution in [2.45, 2.75) is 0 Å². The van der Waals surface area contributed by atoms with Gasteiger partial charge < -0.3 is 5.32 Å². The third-order valence-corrected chi connectivity index (χ3v) is 3.13. The number of carbonyl (C=O) groups is 1. The van der Waals surface area contributed by atoms with Gasteiger partial charge in [0.2, 0.25) is 5.82 Å². The van der Waals surface area contributed by atoms with Crippen molar-refractivity contribution in [2.75, 3.05) is 5.32 Å². The molecule has 0 saturated heterocycles. The van der Waals surface area contributed by atoms with Crippen LogP contribution in [0.25, 0.3) is 0 Å². The van der Waals surface area contributed by atoms with Gasteiger partial charge in [-0.2, -0.15) is 4.39 Å². The van der Waals surface area contributed by atoms with Gasteiger partial charge in [-0.15, -0.1) is 0 Å². The van der Waals surface area contributed by atoms with Crippen molar-refractivity contribution in [3.63, 3.8) is 0 Å². The van der Waals surface area contributed by atoms with Gasteiger partial charge in [-0.25, -0.2) is 0 Å². The standard InChI is InChI=1S/C13H7Cl2FN2O3/c14-8-2-3-11(9(15)6-8)17-13(19)7-1-4-12(18(20)21)10(16)5-7/h1-6H,(H,17,19). The number of halogens is 3. The Bertz CT molecular complexity index is 737. The Morgan fingerprint density at radius 3 is 2.48 bits per heavy atom. The highest BCUT2D eigenvalue weighted by Gasteiger charge is 2.17. The van der Waals surface area contributed by atoms with E-state index in [1.54, 1.807) is 0 Å². The zero-order valence-corrected chi connectivity index (χ0v) is 11.8. The van der Waals surface area contributed by atoms with E-state index in [2.05, 4.69) is 5.32 Å². The van der Waals surface area contributed by atoms with E-state index >= 15 is 0 Å². The summed E-state index contributed by atoms with van der Waals surface area (Å²) in [6, 6.07) is 7.32. The van der Waals surface area contributed by atoms with Crippen molar-refractivity contribution in [2.24, 2.45) is 0 Å². The monoisotopic (exact) mass is 328 g/mol. The number of nitro groups is 1. The molecule has 0 fully saturated rings. The van der Waals surface area contributed by atoms with Crippen molar-refractivity contribution in [3.05, 3.63) is 67.9 Å². The first-order valence-corrected chi connectivity index (χ1v) is 6.34. The molecule has 0 unspecified atom stereocenters. The Labute approximate surface area is 128 Å². The molecule has 0 atom stereocenters. The predicted molar refractivity (Wildman–Crippen MR) is 77.5 cm³/mol. The van der Waals surface area contributed by atoms with E-state index in [-0.39, 0.29) is 10.6 Å². The lowest BCUT2D eigenvalue weighted by atomic mass is 10.2. The highest BCUT2D eigenvalue weighted by Crippen LogP contribution is 2.26. The van der Waals surface area contributed by atoms with Gasteiger partial charge in [-0.05, 0) is 30.3 Å². The maximum atomic E-state index is 13.5. The maximum Gasteiger partial charge on any atom is 0.304 e. The molecule has 2 aromatic rings. The highest BCUT2D eigenvalue weighted by atomic mass is 35.5. The average Bonchev–Trinajstić information content (AvgIpc) is 2.41. The van der Waals surface area contributed by atoms with Gasteiger partial charge in [-0.3, -0.25) is 14.9 Å². The van der Waals surface area contributed by atoms with Crippen molar-refractivity contribution >= 4 is 40.5 Å². The Morgan fingerprint density at radius 1 is 1.19 bits per heavy atom. The summed E-state index contributed by atoms with van der Waals surface area (Å²) in [5.41, 5.74) is -0.468. The van der Waals surface area contributed by atoms with Crippen LogP contribution in [0, 0.1) is 15.9 Å². The molecule has 21 heavy (non-hydrogen) atoms. The Morgan fingerprint density at radius 2 is 1.90 bits per heavy atom. The molecule has 0 bridgehead atoms. The summed E-state index contributed by atoms with van der Waals surface area (Å²) in [6.07, 6.45) is 0. The molecule has 108 valence electrons. The smallest absolute Gasteiger partial charge is 0.304 e. The van der Waals surface area contributed by atoms with Crippen LogP contribution in [-0.4, -0.2) is 10.8 Å². The molecule has 2 rings (SSSR count). The molecule has 0 aliphatic heterocycles. The summed E-state index contributed by atoms with van der Waals surface area (Å²) in [5.74, 6) is -1.73. The van der Waals surface area contributed by atoms with Crippen molar-refractivity contribution in [1.29, 1.82) is 0 Å². The minimum atomic E-state index is -1.09. The molecule has 0 aliphatic carbocycles. The number of carbonyl (C=O) groups excluding carboxylic acids is 1. The summed E-state index contributed by atoms with van der Waals surface area (Å²) < 4.78 is 13.5. The van der Waals surface area contributed by atoms with Gasteiger partial charge >= 0.3 is 5.69 Å². The van der Waals surface area contributed by atoms with Crippen LogP contribution in [0.1, 0.15) is 10.4 Å². The molecule has 0 heterocycles. The number of hydrogen-bond donors (Lipinski definition) is 1. The second-order valence-corrected chi connectivity index (χ2v) is 4.85. The van der Waals surface area contributed by atoms with Crippen LogP contribution >= 0.6 is 23.2 Å². The molecule has 8 heteroatoms. The van der Waals surface area contributed by atoms with E-state index in [9.17, 15) is 19.3 Å². The predicted octanol–water partition coefficient (Wildman–Crippen LogP) is 4.29. The largest absolute Gasteiger partial charge is 0.321 e. The summed E-state index contributed by atoms with van der Waals surface area (Å²) in [7, 11) is 0. The molecule has 2 aromatic carbocycles. The Kier molecular flexibility index (Phi) is 4.40. The molecule has 0 spiro atoms. The van der Waals surface area contributed by atoms with Crippen LogP contribution < -0.4 is 5.32 Å². The molecule has 5 nitrogen and oxygen atoms in total. The minimum Gasteiger partial charge on any atom is -0.321 e. The number of anilines is 1. The third-order valence-electron chi connectivity index (χ3n) is 2.59. The normalized spacial score (nSPS) is 10.2. The fourth-order valence-electron chi connectivity index (χ4n) is 1.58. The van der Waals surface area contributed by atoms with E-state index in [1.807, 2.05) is 0 Å². The quantitative estimate of drug-likeness (QED) is 0.674. The van der Waals surface area contributed by atoms with Crippen LogP contribution in [0.5, 0.6) is 0 Å². The fourth-order valence-corrected chi connectivity index (χ4v) is 2.04. The number of benzene rings is 2.